The summed E-state index contributed by atoms with van der Waals surface area (Å²) in [6.07, 6.45) is 0.825. The Balaban J connectivity index is 0.000000344. The topological polar surface area (TPSA) is 152 Å². The van der Waals surface area contributed by atoms with Crippen molar-refractivity contribution in [2.75, 3.05) is 13.6 Å². The van der Waals surface area contributed by atoms with E-state index in [1.807, 2.05) is 0 Å². The van der Waals surface area contributed by atoms with Gasteiger partial charge in [0.15, 0.2) is 5.96 Å². The van der Waals surface area contributed by atoms with Crippen LogP contribution in [0.15, 0.2) is 0 Å². The molecular weight excluding hydrogens is 262 g/mol. The average molecular weight is 277 g/mol. The molecule has 10 nitrogen and oxygen atoms in total. The molecule has 0 bridgehead atoms. The summed E-state index contributed by atoms with van der Waals surface area (Å²) in [6.45, 7) is -0.227. The van der Waals surface area contributed by atoms with Crippen molar-refractivity contribution < 1.29 is 34.3 Å². The number of carboxylic acid groups (broad SMARTS) is 1. The highest BCUT2D eigenvalue weighted by atomic mass is 17.5. The summed E-state index contributed by atoms with van der Waals surface area (Å²) in [7, 11) is 1.44. The fourth-order valence-corrected chi connectivity index (χ4v) is 0.841. The molecule has 1 heterocycles. The Hall–Kier alpha value is -2.36. The molecule has 0 radical (unpaired) electrons. The maximum atomic E-state index is 10.4. The van der Waals surface area contributed by atoms with E-state index in [0.717, 1.165) is 4.90 Å². The van der Waals surface area contributed by atoms with Gasteiger partial charge in [0.1, 0.15) is 6.54 Å². The van der Waals surface area contributed by atoms with Crippen LogP contribution in [0.1, 0.15) is 19.3 Å². The van der Waals surface area contributed by atoms with Gasteiger partial charge in [-0.15, -0.1) is 0 Å². The molecule has 0 aromatic carbocycles. The van der Waals surface area contributed by atoms with Crippen LogP contribution in [-0.4, -0.2) is 47.5 Å². The molecule has 0 aliphatic carbocycles. The molecular formula is C9H15N3O7. The quantitative estimate of drug-likeness (QED) is 0.327. The van der Waals surface area contributed by atoms with Gasteiger partial charge in [0.05, 0.1) is 0 Å². The highest BCUT2D eigenvalue weighted by Gasteiger charge is 2.13. The lowest BCUT2D eigenvalue weighted by Crippen LogP contribution is -2.36. The highest BCUT2D eigenvalue weighted by Crippen LogP contribution is 2.04. The number of carbonyl (C=O) groups excluding carboxylic acids is 2. The SMILES string of the molecule is CN(CC(=O)O)C(=N)N.O=C1CCCC(=O)OOO1. The van der Waals surface area contributed by atoms with Gasteiger partial charge in [-0.3, -0.25) is 20.0 Å². The zero-order valence-electron chi connectivity index (χ0n) is 10.2. The molecule has 0 amide bonds. The van der Waals surface area contributed by atoms with Gasteiger partial charge in [-0.2, -0.15) is 0 Å². The fraction of sp³-hybridized carbons (Fsp3) is 0.556. The van der Waals surface area contributed by atoms with Crippen LogP contribution in [0, 0.1) is 5.41 Å². The number of rotatable bonds is 2. The minimum Gasteiger partial charge on any atom is -0.480 e. The molecule has 1 aliphatic heterocycles. The molecule has 1 fully saturated rings. The third kappa shape index (κ3) is 9.35. The highest BCUT2D eigenvalue weighted by molar-refractivity contribution is 5.80. The Bertz CT molecular complexity index is 328. The van der Waals surface area contributed by atoms with Crippen LogP contribution in [-0.2, 0) is 29.2 Å². The van der Waals surface area contributed by atoms with E-state index in [1.165, 1.54) is 7.05 Å². The van der Waals surface area contributed by atoms with Crippen LogP contribution < -0.4 is 5.73 Å². The normalized spacial score (nSPS) is 14.8. The summed E-state index contributed by atoms with van der Waals surface area (Å²) >= 11 is 0. The lowest BCUT2D eigenvalue weighted by atomic mass is 10.2. The summed E-state index contributed by atoms with van der Waals surface area (Å²) in [6, 6.07) is 0. The van der Waals surface area contributed by atoms with E-state index in [1.54, 1.807) is 0 Å². The van der Waals surface area contributed by atoms with E-state index in [-0.39, 0.29) is 25.3 Å². The Morgan fingerprint density at radius 2 is 1.84 bits per heavy atom. The molecule has 10 heteroatoms. The number of nitrogens with one attached hydrogen (secondary N) is 1. The minimum absolute atomic E-state index is 0.190. The lowest BCUT2D eigenvalue weighted by molar-refractivity contribution is -0.461. The van der Waals surface area contributed by atoms with Crippen molar-refractivity contribution in [2.45, 2.75) is 19.3 Å². The molecule has 0 aromatic heterocycles. The van der Waals surface area contributed by atoms with Gasteiger partial charge >= 0.3 is 17.9 Å². The van der Waals surface area contributed by atoms with Crippen LogP contribution in [0.5, 0.6) is 0 Å². The van der Waals surface area contributed by atoms with Crippen molar-refractivity contribution in [3.63, 3.8) is 0 Å². The molecule has 0 unspecified atom stereocenters. The molecule has 1 saturated heterocycles. The van der Waals surface area contributed by atoms with Gasteiger partial charge in [-0.25, -0.2) is 9.59 Å². The molecule has 108 valence electrons. The van der Waals surface area contributed by atoms with Crippen LogP contribution in [0.25, 0.3) is 0 Å². The van der Waals surface area contributed by atoms with Crippen molar-refractivity contribution >= 4 is 23.9 Å². The van der Waals surface area contributed by atoms with Gasteiger partial charge in [0.25, 0.3) is 0 Å². The molecule has 0 aromatic rings. The van der Waals surface area contributed by atoms with Crippen molar-refractivity contribution in [2.24, 2.45) is 5.73 Å². The number of hydrogen-bond acceptors (Lipinski definition) is 7. The number of aliphatic carboxylic acids is 1. The van der Waals surface area contributed by atoms with E-state index in [4.69, 9.17) is 16.2 Å². The molecule has 1 rings (SSSR count). The third-order valence-electron chi connectivity index (χ3n) is 1.80. The standard InChI is InChI=1S/C5H6O5.C4H9N3O2/c6-4-2-1-3-5(7)9-10-8-4;1-7(4(5)6)2-3(8)9/h1-3H2;2H2,1H3,(H3,5,6)(H,8,9). The molecule has 4 N–H and O–H groups in total. The number of carboxylic acids is 1. The summed E-state index contributed by atoms with van der Waals surface area (Å²) in [5, 5.41) is 18.7. The van der Waals surface area contributed by atoms with Gasteiger partial charge in [0, 0.05) is 24.9 Å². The number of guanidine groups is 1. The second-order valence-electron chi connectivity index (χ2n) is 3.47. The minimum atomic E-state index is -0.993. The first-order valence-corrected chi connectivity index (χ1v) is 5.16. The largest absolute Gasteiger partial charge is 0.480 e. The first kappa shape index (κ1) is 16.6. The first-order chi connectivity index (χ1) is 8.82. The zero-order chi connectivity index (χ0) is 14.8. The lowest BCUT2D eigenvalue weighted by Gasteiger charge is -2.12. The fourth-order valence-electron chi connectivity index (χ4n) is 0.841. The van der Waals surface area contributed by atoms with Crippen LogP contribution in [0.4, 0.5) is 0 Å². The summed E-state index contributed by atoms with van der Waals surface area (Å²) in [5.74, 6) is -2.27. The van der Waals surface area contributed by atoms with Crippen molar-refractivity contribution in [1.82, 2.24) is 4.90 Å². The number of nitrogens with two attached hydrogens (primary N) is 1. The Morgan fingerprint density at radius 3 is 2.16 bits per heavy atom. The maximum absolute atomic E-state index is 10.4. The summed E-state index contributed by atoms with van der Waals surface area (Å²) in [5.41, 5.74) is 4.93. The molecule has 1 aliphatic rings. The monoisotopic (exact) mass is 277 g/mol. The van der Waals surface area contributed by atoms with E-state index in [0.29, 0.717) is 6.42 Å². The van der Waals surface area contributed by atoms with Crippen molar-refractivity contribution in [3.8, 4) is 0 Å². The molecule has 0 saturated carbocycles. The Kier molecular flexibility index (Phi) is 7.61. The van der Waals surface area contributed by atoms with Crippen LogP contribution >= 0.6 is 0 Å². The maximum Gasteiger partial charge on any atom is 0.346 e. The molecule has 0 spiro atoms. The predicted octanol–water partition coefficient (Wildman–Crippen LogP) is -1.00. The molecule has 19 heavy (non-hydrogen) atoms. The van der Waals surface area contributed by atoms with Crippen LogP contribution in [0.3, 0.4) is 0 Å². The first-order valence-electron chi connectivity index (χ1n) is 5.16. The second-order valence-corrected chi connectivity index (χ2v) is 3.47. The van der Waals surface area contributed by atoms with E-state index >= 15 is 0 Å². The number of nitrogens with zero attached hydrogens (tertiary/aromatic N) is 1. The van der Waals surface area contributed by atoms with E-state index < -0.39 is 17.9 Å². The summed E-state index contributed by atoms with van der Waals surface area (Å²) < 4.78 is 0. The Labute approximate surface area is 108 Å². The van der Waals surface area contributed by atoms with E-state index in [9.17, 15) is 14.4 Å². The van der Waals surface area contributed by atoms with Gasteiger partial charge < -0.3 is 15.7 Å². The Morgan fingerprint density at radius 1 is 1.37 bits per heavy atom. The zero-order valence-corrected chi connectivity index (χ0v) is 10.2. The number of likely N-dealkylation sites (N-methyl/N-ethyl adjacent to an activating group) is 1. The van der Waals surface area contributed by atoms with Gasteiger partial charge in [-0.05, 0) is 6.42 Å². The van der Waals surface area contributed by atoms with Gasteiger partial charge in [0.2, 0.25) is 0 Å². The number of hydrogen-bond donors (Lipinski definition) is 3. The average Bonchev–Trinajstić information content (AvgIpc) is 2.26. The smallest absolute Gasteiger partial charge is 0.346 e. The van der Waals surface area contributed by atoms with Gasteiger partial charge in [-0.1, -0.05) is 0 Å². The van der Waals surface area contributed by atoms with Crippen LogP contribution in [0.2, 0.25) is 0 Å². The van der Waals surface area contributed by atoms with E-state index in [2.05, 4.69) is 14.8 Å². The second kappa shape index (κ2) is 8.69. The summed E-state index contributed by atoms with van der Waals surface area (Å²) in [4.78, 5) is 39.8. The predicted molar refractivity (Wildman–Crippen MR) is 59.3 cm³/mol. The number of carbonyl (C=O) groups is 3. The van der Waals surface area contributed by atoms with Crippen molar-refractivity contribution in [3.05, 3.63) is 0 Å². The van der Waals surface area contributed by atoms with Crippen molar-refractivity contribution in [1.29, 1.82) is 5.41 Å². The third-order valence-corrected chi connectivity index (χ3v) is 1.80. The molecule has 0 atom stereocenters.